The van der Waals surface area contributed by atoms with Gasteiger partial charge in [0.1, 0.15) is 0 Å². The van der Waals surface area contributed by atoms with Crippen LogP contribution in [-0.4, -0.2) is 11.9 Å². The fourth-order valence-corrected chi connectivity index (χ4v) is 1.81. The van der Waals surface area contributed by atoms with Gasteiger partial charge in [-0.3, -0.25) is 4.79 Å². The third kappa shape index (κ3) is 2.70. The van der Waals surface area contributed by atoms with Crippen LogP contribution < -0.4 is 11.1 Å². The molecule has 2 atom stereocenters. The molecule has 1 aromatic carbocycles. The van der Waals surface area contributed by atoms with E-state index in [1.54, 1.807) is 0 Å². The number of carbonyl (C=O) groups is 1. The Morgan fingerprint density at radius 2 is 1.93 bits per heavy atom. The fourth-order valence-electron chi connectivity index (χ4n) is 1.81. The van der Waals surface area contributed by atoms with Gasteiger partial charge in [-0.25, -0.2) is 0 Å². The molecule has 15 heavy (non-hydrogen) atoms. The van der Waals surface area contributed by atoms with E-state index in [9.17, 15) is 4.79 Å². The first-order valence-electron chi connectivity index (χ1n) is 4.87. The van der Waals surface area contributed by atoms with Crippen molar-refractivity contribution in [1.82, 2.24) is 5.32 Å². The minimum Gasteiger partial charge on any atom is -0.348 e. The van der Waals surface area contributed by atoms with Crippen LogP contribution in [0.5, 0.6) is 0 Å². The molecule has 1 aromatic rings. The molecule has 1 fully saturated rings. The first kappa shape index (κ1) is 12.0. The molecule has 4 heteroatoms. The predicted molar refractivity (Wildman–Crippen MR) is 61.8 cm³/mol. The number of nitrogens with one attached hydrogen (secondary N) is 1. The molecule has 1 heterocycles. The number of nitrogens with two attached hydrogens (primary N) is 1. The molecule has 1 saturated heterocycles. The molecule has 0 radical (unpaired) electrons. The molecule has 0 bridgehead atoms. The van der Waals surface area contributed by atoms with Crippen LogP contribution in [0.2, 0.25) is 0 Å². The summed E-state index contributed by atoms with van der Waals surface area (Å²) in [4.78, 5) is 11.2. The molecule has 1 amide bonds. The molecular weight excluding hydrogens is 212 g/mol. The third-order valence-electron chi connectivity index (χ3n) is 2.61. The van der Waals surface area contributed by atoms with Crippen molar-refractivity contribution in [2.45, 2.75) is 24.9 Å². The van der Waals surface area contributed by atoms with Crippen LogP contribution in [0, 0.1) is 0 Å². The predicted octanol–water partition coefficient (Wildman–Crippen LogP) is 1.39. The van der Waals surface area contributed by atoms with Crippen molar-refractivity contribution in [2.75, 3.05) is 0 Å². The topological polar surface area (TPSA) is 55.1 Å². The van der Waals surface area contributed by atoms with Crippen LogP contribution in [0.1, 0.15) is 24.4 Å². The average molecular weight is 227 g/mol. The Morgan fingerprint density at radius 1 is 1.27 bits per heavy atom. The van der Waals surface area contributed by atoms with Crippen LogP contribution in [0.25, 0.3) is 0 Å². The molecular formula is C11H15ClN2O. The van der Waals surface area contributed by atoms with Crippen molar-refractivity contribution < 1.29 is 4.79 Å². The van der Waals surface area contributed by atoms with Gasteiger partial charge in [-0.05, 0) is 12.0 Å². The highest BCUT2D eigenvalue weighted by molar-refractivity contribution is 5.85. The zero-order chi connectivity index (χ0) is 9.97. The Hall–Kier alpha value is -1.06. The smallest absolute Gasteiger partial charge is 0.220 e. The summed E-state index contributed by atoms with van der Waals surface area (Å²) in [5.74, 6) is 0.0977. The average Bonchev–Trinajstić information content (AvgIpc) is 2.23. The van der Waals surface area contributed by atoms with Gasteiger partial charge in [-0.15, -0.1) is 12.4 Å². The number of hydrogen-bond donors (Lipinski definition) is 2. The van der Waals surface area contributed by atoms with E-state index < -0.39 is 0 Å². The number of rotatable bonds is 1. The summed E-state index contributed by atoms with van der Waals surface area (Å²) >= 11 is 0. The molecule has 0 aliphatic carbocycles. The second-order valence-corrected chi connectivity index (χ2v) is 3.66. The number of halogens is 1. The molecule has 1 unspecified atom stereocenters. The van der Waals surface area contributed by atoms with E-state index in [0.29, 0.717) is 6.42 Å². The van der Waals surface area contributed by atoms with E-state index in [-0.39, 0.29) is 30.4 Å². The summed E-state index contributed by atoms with van der Waals surface area (Å²) in [5, 5.41) is 2.92. The third-order valence-corrected chi connectivity index (χ3v) is 2.61. The second-order valence-electron chi connectivity index (χ2n) is 3.66. The highest BCUT2D eigenvalue weighted by Gasteiger charge is 2.26. The molecule has 3 nitrogen and oxygen atoms in total. The van der Waals surface area contributed by atoms with Crippen LogP contribution in [0.4, 0.5) is 0 Å². The monoisotopic (exact) mass is 226 g/mol. The van der Waals surface area contributed by atoms with E-state index in [4.69, 9.17) is 5.73 Å². The van der Waals surface area contributed by atoms with Crippen LogP contribution in [0.15, 0.2) is 30.3 Å². The van der Waals surface area contributed by atoms with E-state index in [2.05, 4.69) is 5.32 Å². The number of amides is 1. The quantitative estimate of drug-likeness (QED) is 0.761. The normalized spacial score (nSPS) is 25.3. The van der Waals surface area contributed by atoms with Crippen molar-refractivity contribution in [3.8, 4) is 0 Å². The fraction of sp³-hybridized carbons (Fsp3) is 0.364. The number of hydrogen-bond acceptors (Lipinski definition) is 2. The summed E-state index contributed by atoms with van der Waals surface area (Å²) in [6.45, 7) is 0. The minimum absolute atomic E-state index is 0. The van der Waals surface area contributed by atoms with Gasteiger partial charge < -0.3 is 11.1 Å². The van der Waals surface area contributed by atoms with Crippen molar-refractivity contribution >= 4 is 18.3 Å². The Morgan fingerprint density at radius 3 is 2.60 bits per heavy atom. The largest absolute Gasteiger partial charge is 0.348 e. The summed E-state index contributed by atoms with van der Waals surface area (Å²) in [6, 6.07) is 9.89. The Kier molecular flexibility index (Phi) is 4.12. The first-order valence-corrected chi connectivity index (χ1v) is 4.87. The lowest BCUT2D eigenvalue weighted by molar-refractivity contribution is -0.123. The van der Waals surface area contributed by atoms with Gasteiger partial charge >= 0.3 is 0 Å². The van der Waals surface area contributed by atoms with Crippen molar-refractivity contribution in [1.29, 1.82) is 0 Å². The van der Waals surface area contributed by atoms with Crippen LogP contribution in [0.3, 0.4) is 0 Å². The minimum atomic E-state index is -0.0163. The maximum Gasteiger partial charge on any atom is 0.220 e. The molecule has 2 rings (SSSR count). The van der Waals surface area contributed by atoms with E-state index >= 15 is 0 Å². The van der Waals surface area contributed by atoms with Crippen molar-refractivity contribution in [3.63, 3.8) is 0 Å². The van der Waals surface area contributed by atoms with Gasteiger partial charge in [0.05, 0.1) is 6.04 Å². The number of benzene rings is 1. The van der Waals surface area contributed by atoms with Gasteiger partial charge in [-0.1, -0.05) is 30.3 Å². The summed E-state index contributed by atoms with van der Waals surface area (Å²) in [7, 11) is 0. The van der Waals surface area contributed by atoms with Gasteiger partial charge in [0.15, 0.2) is 0 Å². The maximum atomic E-state index is 11.2. The van der Waals surface area contributed by atoms with Crippen molar-refractivity contribution in [2.24, 2.45) is 5.73 Å². The zero-order valence-corrected chi connectivity index (χ0v) is 9.17. The first-order chi connectivity index (χ1) is 6.77. The molecule has 1 aliphatic heterocycles. The van der Waals surface area contributed by atoms with E-state index in [1.807, 2.05) is 30.3 Å². The molecule has 0 saturated carbocycles. The van der Waals surface area contributed by atoms with Gasteiger partial charge in [0.2, 0.25) is 5.91 Å². The molecule has 0 spiro atoms. The summed E-state index contributed by atoms with van der Waals surface area (Å²) < 4.78 is 0. The van der Waals surface area contributed by atoms with Gasteiger partial charge in [-0.2, -0.15) is 0 Å². The lowest BCUT2D eigenvalue weighted by Crippen LogP contribution is -2.45. The van der Waals surface area contributed by atoms with Crippen molar-refractivity contribution in [3.05, 3.63) is 35.9 Å². The second kappa shape index (κ2) is 5.14. The molecule has 0 aromatic heterocycles. The highest BCUT2D eigenvalue weighted by atomic mass is 35.5. The molecule has 1 aliphatic rings. The number of carbonyl (C=O) groups excluding carboxylic acids is 1. The Balaban J connectivity index is 0.00000112. The summed E-state index contributed by atoms with van der Waals surface area (Å²) in [5.41, 5.74) is 7.05. The molecule has 82 valence electrons. The standard InChI is InChI=1S/C11H14N2O.ClH/c12-9-6-7-10(14)13-11(9)8-4-2-1-3-5-8;/h1-5,9,11H,6-7,12H2,(H,13,14);1H/t9-,11?;/m0./s1. The Labute approximate surface area is 95.5 Å². The lowest BCUT2D eigenvalue weighted by Gasteiger charge is -2.29. The van der Waals surface area contributed by atoms with Gasteiger partial charge in [0, 0.05) is 12.5 Å². The lowest BCUT2D eigenvalue weighted by atomic mass is 9.93. The summed E-state index contributed by atoms with van der Waals surface area (Å²) in [6.07, 6.45) is 1.32. The van der Waals surface area contributed by atoms with E-state index in [0.717, 1.165) is 12.0 Å². The number of piperidine rings is 1. The SMILES string of the molecule is Cl.N[C@H]1CCC(=O)NC1c1ccccc1. The highest BCUT2D eigenvalue weighted by Crippen LogP contribution is 2.21. The van der Waals surface area contributed by atoms with Gasteiger partial charge in [0.25, 0.3) is 0 Å². The maximum absolute atomic E-state index is 11.2. The zero-order valence-electron chi connectivity index (χ0n) is 8.35. The van der Waals surface area contributed by atoms with Crippen LogP contribution >= 0.6 is 12.4 Å². The van der Waals surface area contributed by atoms with Crippen LogP contribution in [-0.2, 0) is 4.79 Å². The molecule has 3 N–H and O–H groups in total. The van der Waals surface area contributed by atoms with E-state index in [1.165, 1.54) is 0 Å². The Bertz CT molecular complexity index is 329.